The average molecular weight is 171 g/mol. The molecular formula is C10H23Si. The lowest BCUT2D eigenvalue weighted by Gasteiger charge is -2.41. The van der Waals surface area contributed by atoms with E-state index in [1.54, 1.807) is 0 Å². The van der Waals surface area contributed by atoms with E-state index in [9.17, 15) is 0 Å². The third-order valence-electron chi connectivity index (χ3n) is 3.47. The van der Waals surface area contributed by atoms with Gasteiger partial charge in [-0.05, 0) is 5.04 Å². The molecule has 0 aliphatic carbocycles. The lowest BCUT2D eigenvalue weighted by molar-refractivity contribution is 0.772. The highest BCUT2D eigenvalue weighted by Gasteiger charge is 2.38. The predicted octanol–water partition coefficient (Wildman–Crippen LogP) is 4.11. The zero-order valence-electron chi connectivity index (χ0n) is 8.83. The summed E-state index contributed by atoms with van der Waals surface area (Å²) in [6.45, 7) is 16.0. The van der Waals surface area contributed by atoms with Gasteiger partial charge in [-0.1, -0.05) is 59.7 Å². The molecule has 11 heavy (non-hydrogen) atoms. The van der Waals surface area contributed by atoms with Crippen LogP contribution < -0.4 is 0 Å². The van der Waals surface area contributed by atoms with E-state index in [1.807, 2.05) is 0 Å². The van der Waals surface area contributed by atoms with Gasteiger partial charge in [-0.25, -0.2) is 0 Å². The van der Waals surface area contributed by atoms with Gasteiger partial charge >= 0.3 is 0 Å². The van der Waals surface area contributed by atoms with Crippen molar-refractivity contribution in [1.29, 1.82) is 0 Å². The van der Waals surface area contributed by atoms with Crippen molar-refractivity contribution < 1.29 is 0 Å². The topological polar surface area (TPSA) is 0 Å². The maximum Gasteiger partial charge on any atom is 0.0584 e. The Morgan fingerprint density at radius 3 is 1.27 bits per heavy atom. The van der Waals surface area contributed by atoms with Gasteiger partial charge in [0.1, 0.15) is 0 Å². The highest BCUT2D eigenvalue weighted by molar-refractivity contribution is 6.82. The molecule has 0 rings (SSSR count). The molecule has 0 spiro atoms. The van der Waals surface area contributed by atoms with Gasteiger partial charge in [0.25, 0.3) is 0 Å². The van der Waals surface area contributed by atoms with Crippen LogP contribution in [0.3, 0.4) is 0 Å². The van der Waals surface area contributed by atoms with Crippen molar-refractivity contribution in [2.45, 2.75) is 57.8 Å². The average Bonchev–Trinajstić information content (AvgIpc) is 1.90. The van der Waals surface area contributed by atoms with E-state index in [-0.39, 0.29) is 0 Å². The quantitative estimate of drug-likeness (QED) is 0.558. The fraction of sp³-hybridized carbons (Fsp3) is 0.900. The third kappa shape index (κ3) is 2.08. The van der Waals surface area contributed by atoms with Crippen LogP contribution in [0.25, 0.3) is 0 Å². The van der Waals surface area contributed by atoms with Crippen LogP contribution in [0.5, 0.6) is 0 Å². The van der Waals surface area contributed by atoms with Crippen LogP contribution >= 0.6 is 0 Å². The van der Waals surface area contributed by atoms with Gasteiger partial charge in [-0.3, -0.25) is 0 Å². The molecule has 0 amide bonds. The maximum absolute atomic E-state index is 4.32. The van der Waals surface area contributed by atoms with Crippen molar-refractivity contribution in [3.63, 3.8) is 0 Å². The summed E-state index contributed by atoms with van der Waals surface area (Å²) >= 11 is 0. The van der Waals surface area contributed by atoms with Gasteiger partial charge in [0, 0.05) is 0 Å². The van der Waals surface area contributed by atoms with E-state index in [4.69, 9.17) is 0 Å². The second-order valence-electron chi connectivity index (χ2n) is 4.22. The normalized spacial score (nSPS) is 13.6. The zero-order valence-corrected chi connectivity index (χ0v) is 9.83. The monoisotopic (exact) mass is 171 g/mol. The van der Waals surface area contributed by atoms with Crippen molar-refractivity contribution in [3.8, 4) is 0 Å². The lowest BCUT2D eigenvalue weighted by atomic mass is 10.2. The van der Waals surface area contributed by atoms with Gasteiger partial charge in [0.05, 0.1) is 8.07 Å². The van der Waals surface area contributed by atoms with Crippen LogP contribution in [0.15, 0.2) is 0 Å². The number of hydrogen-bond donors (Lipinski definition) is 0. The molecule has 0 aliphatic heterocycles. The minimum Gasteiger partial charge on any atom is -0.0678 e. The Balaban J connectivity index is 4.54. The minimum absolute atomic E-state index is 0.352. The Labute approximate surface area is 73.4 Å². The summed E-state index contributed by atoms with van der Waals surface area (Å²) in [5.41, 5.74) is 0. The van der Waals surface area contributed by atoms with Crippen molar-refractivity contribution in [3.05, 3.63) is 6.92 Å². The molecule has 67 valence electrons. The fourth-order valence-corrected chi connectivity index (χ4v) is 6.56. The standard InChI is InChI=1S/C10H23Si/c1-7-11(8-2,9-3)10(4,5)6/h4,7-9H2,1-3,5-6H3. The molecule has 0 aromatic heterocycles. The second kappa shape index (κ2) is 3.75. The lowest BCUT2D eigenvalue weighted by Crippen LogP contribution is -2.41. The molecule has 1 heteroatoms. The molecule has 1 radical (unpaired) electrons. The van der Waals surface area contributed by atoms with Crippen molar-refractivity contribution in [2.24, 2.45) is 0 Å². The van der Waals surface area contributed by atoms with E-state index in [2.05, 4.69) is 41.5 Å². The third-order valence-corrected chi connectivity index (χ3v) is 10.4. The van der Waals surface area contributed by atoms with Crippen LogP contribution in [0, 0.1) is 6.92 Å². The smallest absolute Gasteiger partial charge is 0.0584 e. The van der Waals surface area contributed by atoms with E-state index in [0.717, 1.165) is 0 Å². The van der Waals surface area contributed by atoms with Crippen LogP contribution in [0.2, 0.25) is 23.2 Å². The number of rotatable bonds is 4. The first-order valence-corrected chi connectivity index (χ1v) is 7.41. The Morgan fingerprint density at radius 1 is 1.00 bits per heavy atom. The Bertz CT molecular complexity index is 98.3. The summed E-state index contributed by atoms with van der Waals surface area (Å²) < 4.78 is 0. The Kier molecular flexibility index (Phi) is 3.82. The van der Waals surface area contributed by atoms with Gasteiger partial charge in [0.15, 0.2) is 0 Å². The van der Waals surface area contributed by atoms with E-state index in [1.165, 1.54) is 18.1 Å². The van der Waals surface area contributed by atoms with Crippen molar-refractivity contribution in [1.82, 2.24) is 0 Å². The molecule has 0 N–H and O–H groups in total. The Hall–Kier alpha value is 0.217. The van der Waals surface area contributed by atoms with E-state index >= 15 is 0 Å². The predicted molar refractivity (Wildman–Crippen MR) is 56.6 cm³/mol. The highest BCUT2D eigenvalue weighted by Crippen LogP contribution is 2.43. The molecular weight excluding hydrogens is 148 g/mol. The van der Waals surface area contributed by atoms with Gasteiger partial charge in [0.2, 0.25) is 0 Å². The molecule has 0 fully saturated rings. The van der Waals surface area contributed by atoms with Crippen molar-refractivity contribution in [2.75, 3.05) is 0 Å². The summed E-state index contributed by atoms with van der Waals surface area (Å²) in [4.78, 5) is 0. The molecule has 0 unspecified atom stereocenters. The first-order chi connectivity index (χ1) is 4.93. The SMILES string of the molecule is [CH2]C(C)(C)[Si](CC)(CC)CC. The molecule has 0 atom stereocenters. The summed E-state index contributed by atoms with van der Waals surface area (Å²) in [5.74, 6) is 0. The van der Waals surface area contributed by atoms with Crippen molar-refractivity contribution >= 4 is 8.07 Å². The molecule has 0 saturated carbocycles. The molecule has 0 aromatic carbocycles. The maximum atomic E-state index is 4.32. The van der Waals surface area contributed by atoms with Crippen LogP contribution in [-0.2, 0) is 0 Å². The highest BCUT2D eigenvalue weighted by atomic mass is 28.3. The molecule has 0 nitrogen and oxygen atoms in total. The first-order valence-electron chi connectivity index (χ1n) is 4.79. The van der Waals surface area contributed by atoms with Crippen LogP contribution in [-0.4, -0.2) is 8.07 Å². The molecule has 0 aliphatic rings. The molecule has 0 heterocycles. The number of hydrogen-bond acceptors (Lipinski definition) is 0. The largest absolute Gasteiger partial charge is 0.0678 e. The van der Waals surface area contributed by atoms with Crippen LogP contribution in [0.1, 0.15) is 34.6 Å². The zero-order chi connectivity index (χ0) is 9.12. The van der Waals surface area contributed by atoms with E-state index in [0.29, 0.717) is 5.04 Å². The van der Waals surface area contributed by atoms with Crippen LogP contribution in [0.4, 0.5) is 0 Å². The summed E-state index contributed by atoms with van der Waals surface area (Å²) in [7, 11) is -1.03. The van der Waals surface area contributed by atoms with E-state index < -0.39 is 8.07 Å². The molecule has 0 bridgehead atoms. The van der Waals surface area contributed by atoms with Gasteiger partial charge in [-0.15, -0.1) is 0 Å². The first kappa shape index (κ1) is 11.2. The summed E-state index contributed by atoms with van der Waals surface area (Å²) in [6.07, 6.45) is 0. The Morgan fingerprint density at radius 2 is 1.27 bits per heavy atom. The molecule has 0 saturated heterocycles. The minimum atomic E-state index is -1.03. The van der Waals surface area contributed by atoms with Gasteiger partial charge in [-0.2, -0.15) is 0 Å². The van der Waals surface area contributed by atoms with Gasteiger partial charge < -0.3 is 0 Å². The fourth-order valence-electron chi connectivity index (χ4n) is 2.19. The summed E-state index contributed by atoms with van der Waals surface area (Å²) in [6, 6.07) is 4.16. The summed E-state index contributed by atoms with van der Waals surface area (Å²) in [5, 5.41) is 0.352. The molecule has 0 aromatic rings. The second-order valence-corrected chi connectivity index (χ2v) is 10.3.